The number of carbonyl (C=O) groups excluding carboxylic acids is 1. The lowest BCUT2D eigenvalue weighted by Gasteiger charge is -2.36. The van der Waals surface area contributed by atoms with Crippen molar-refractivity contribution in [3.8, 4) is 0 Å². The van der Waals surface area contributed by atoms with Crippen LogP contribution < -0.4 is 10.2 Å². The summed E-state index contributed by atoms with van der Waals surface area (Å²) >= 11 is 1.57. The number of ether oxygens (including phenoxy) is 1. The van der Waals surface area contributed by atoms with Crippen LogP contribution in [0.2, 0.25) is 0 Å². The van der Waals surface area contributed by atoms with Crippen molar-refractivity contribution in [1.29, 1.82) is 0 Å². The molecule has 8 heteroatoms. The first-order valence-corrected chi connectivity index (χ1v) is 10.8. The normalized spacial score (nSPS) is 16.6. The summed E-state index contributed by atoms with van der Waals surface area (Å²) in [5.41, 5.74) is 3.35. The van der Waals surface area contributed by atoms with E-state index in [-0.39, 0.29) is 6.09 Å². The molecule has 0 saturated carbocycles. The van der Waals surface area contributed by atoms with E-state index in [9.17, 15) is 4.79 Å². The van der Waals surface area contributed by atoms with Crippen molar-refractivity contribution in [2.75, 3.05) is 43.9 Å². The lowest BCUT2D eigenvalue weighted by atomic mass is 10.1. The molecule has 1 amide bonds. The number of nitrogens with one attached hydrogen (secondary N) is 1. The smallest absolute Gasteiger partial charge is 0.410 e. The predicted octanol–water partition coefficient (Wildman–Crippen LogP) is 2.30. The summed E-state index contributed by atoms with van der Waals surface area (Å²) in [4.78, 5) is 25.9. The number of anilines is 1. The Kier molecular flexibility index (Phi) is 5.97. The van der Waals surface area contributed by atoms with Crippen LogP contribution in [0.1, 0.15) is 16.8 Å². The van der Waals surface area contributed by atoms with Crippen LogP contribution >= 0.6 is 11.8 Å². The molecule has 1 N–H and O–H groups in total. The van der Waals surface area contributed by atoms with Crippen molar-refractivity contribution < 1.29 is 9.53 Å². The number of carbonyl (C=O) groups is 1. The number of aromatic nitrogens is 2. The number of piperazine rings is 1. The van der Waals surface area contributed by atoms with Gasteiger partial charge in [-0.15, -0.1) is 0 Å². The fourth-order valence-electron chi connectivity index (χ4n) is 3.58. The van der Waals surface area contributed by atoms with Crippen LogP contribution in [0.5, 0.6) is 0 Å². The minimum atomic E-state index is -0.248. The van der Waals surface area contributed by atoms with E-state index in [2.05, 4.69) is 15.2 Å². The maximum absolute atomic E-state index is 12.4. The lowest BCUT2D eigenvalue weighted by Crippen LogP contribution is -2.49. The van der Waals surface area contributed by atoms with Crippen molar-refractivity contribution >= 4 is 23.7 Å². The van der Waals surface area contributed by atoms with E-state index in [0.29, 0.717) is 19.7 Å². The number of hydrogen-bond acceptors (Lipinski definition) is 7. The maximum atomic E-state index is 12.4. The topological polar surface area (TPSA) is 70.6 Å². The second kappa shape index (κ2) is 8.79. The molecule has 2 aliphatic heterocycles. The first kappa shape index (κ1) is 19.0. The molecule has 0 bridgehead atoms. The predicted molar refractivity (Wildman–Crippen MR) is 110 cm³/mol. The van der Waals surface area contributed by atoms with Crippen molar-refractivity contribution in [1.82, 2.24) is 20.2 Å². The van der Waals surface area contributed by atoms with Gasteiger partial charge in [-0.2, -0.15) is 0 Å². The van der Waals surface area contributed by atoms with Gasteiger partial charge in [0.15, 0.2) is 5.16 Å². The third-order valence-corrected chi connectivity index (χ3v) is 5.67. The highest BCUT2D eigenvalue weighted by molar-refractivity contribution is 7.98. The molecule has 0 unspecified atom stereocenters. The summed E-state index contributed by atoms with van der Waals surface area (Å²) in [5, 5.41) is 4.19. The van der Waals surface area contributed by atoms with Crippen LogP contribution in [0.25, 0.3) is 0 Å². The largest absolute Gasteiger partial charge is 0.445 e. The Morgan fingerprint density at radius 2 is 1.96 bits per heavy atom. The van der Waals surface area contributed by atoms with E-state index < -0.39 is 0 Å². The lowest BCUT2D eigenvalue weighted by molar-refractivity contribution is 0.0941. The fourth-order valence-corrected chi connectivity index (χ4v) is 3.96. The third kappa shape index (κ3) is 4.23. The minimum absolute atomic E-state index is 0.248. The van der Waals surface area contributed by atoms with E-state index in [1.54, 1.807) is 16.7 Å². The molecule has 3 heterocycles. The van der Waals surface area contributed by atoms with Crippen LogP contribution in [0, 0.1) is 0 Å². The molecule has 148 valence electrons. The molecule has 0 aliphatic carbocycles. The maximum Gasteiger partial charge on any atom is 0.410 e. The van der Waals surface area contributed by atoms with Gasteiger partial charge in [-0.05, 0) is 24.8 Å². The first-order valence-electron chi connectivity index (χ1n) is 9.59. The van der Waals surface area contributed by atoms with Gasteiger partial charge < -0.3 is 19.9 Å². The number of hydrogen-bond donors (Lipinski definition) is 1. The van der Waals surface area contributed by atoms with Gasteiger partial charge in [0, 0.05) is 38.3 Å². The van der Waals surface area contributed by atoms with Gasteiger partial charge in [0.2, 0.25) is 0 Å². The van der Waals surface area contributed by atoms with Crippen LogP contribution in [-0.2, 0) is 24.3 Å². The molecule has 28 heavy (non-hydrogen) atoms. The van der Waals surface area contributed by atoms with E-state index in [4.69, 9.17) is 9.72 Å². The van der Waals surface area contributed by atoms with E-state index in [1.807, 2.05) is 36.6 Å². The molecule has 1 aromatic heterocycles. The molecule has 1 aromatic carbocycles. The van der Waals surface area contributed by atoms with Crippen LogP contribution in [0.15, 0.2) is 35.5 Å². The average Bonchev–Trinajstić information content (AvgIpc) is 2.77. The van der Waals surface area contributed by atoms with Crippen molar-refractivity contribution in [3.63, 3.8) is 0 Å². The standard InChI is InChI=1S/C20H25N5O2S/c1-28-19-22-17-13-21-8-7-16(17)18(23-19)24-9-11-25(12-10-24)20(26)27-14-15-5-3-2-4-6-15/h2-6,21H,7-14H2,1H3. The summed E-state index contributed by atoms with van der Waals surface area (Å²) < 4.78 is 5.47. The van der Waals surface area contributed by atoms with E-state index >= 15 is 0 Å². The number of fused-ring (bicyclic) bond motifs is 1. The van der Waals surface area contributed by atoms with Gasteiger partial charge in [0.1, 0.15) is 12.4 Å². The quantitative estimate of drug-likeness (QED) is 0.625. The fraction of sp³-hybridized carbons (Fsp3) is 0.450. The van der Waals surface area contributed by atoms with Gasteiger partial charge in [-0.25, -0.2) is 14.8 Å². The molecule has 1 saturated heterocycles. The zero-order chi connectivity index (χ0) is 19.3. The highest BCUT2D eigenvalue weighted by Crippen LogP contribution is 2.27. The summed E-state index contributed by atoms with van der Waals surface area (Å²) in [6.45, 7) is 4.84. The van der Waals surface area contributed by atoms with Gasteiger partial charge in [-0.3, -0.25) is 0 Å². The minimum Gasteiger partial charge on any atom is -0.445 e. The highest BCUT2D eigenvalue weighted by Gasteiger charge is 2.27. The Morgan fingerprint density at radius 3 is 2.71 bits per heavy atom. The molecular weight excluding hydrogens is 374 g/mol. The summed E-state index contributed by atoms with van der Waals surface area (Å²) in [6, 6.07) is 9.77. The Labute approximate surface area is 169 Å². The molecule has 1 fully saturated rings. The van der Waals surface area contributed by atoms with E-state index in [1.165, 1.54) is 5.56 Å². The van der Waals surface area contributed by atoms with Crippen LogP contribution in [-0.4, -0.2) is 59.9 Å². The second-order valence-electron chi connectivity index (χ2n) is 6.90. The van der Waals surface area contributed by atoms with Crippen LogP contribution in [0.3, 0.4) is 0 Å². The molecule has 7 nitrogen and oxygen atoms in total. The zero-order valence-electron chi connectivity index (χ0n) is 16.1. The first-order chi connectivity index (χ1) is 13.7. The average molecular weight is 400 g/mol. The summed E-state index contributed by atoms with van der Waals surface area (Å²) in [6.07, 6.45) is 2.70. The Balaban J connectivity index is 1.38. The Bertz CT molecular complexity index is 825. The summed E-state index contributed by atoms with van der Waals surface area (Å²) in [7, 11) is 0. The second-order valence-corrected chi connectivity index (χ2v) is 7.67. The number of thioether (sulfide) groups is 1. The number of rotatable bonds is 4. The van der Waals surface area contributed by atoms with Crippen LogP contribution in [0.4, 0.5) is 10.6 Å². The van der Waals surface area contributed by atoms with Gasteiger partial charge in [-0.1, -0.05) is 42.1 Å². The molecule has 0 atom stereocenters. The SMILES string of the molecule is CSc1nc2c(c(N3CCN(C(=O)OCc4ccccc4)CC3)n1)CCNC2. The molecule has 2 aliphatic rings. The van der Waals surface area contributed by atoms with E-state index in [0.717, 1.165) is 54.8 Å². The number of benzene rings is 1. The zero-order valence-corrected chi connectivity index (χ0v) is 16.9. The molecule has 0 radical (unpaired) electrons. The third-order valence-electron chi connectivity index (χ3n) is 5.12. The van der Waals surface area contributed by atoms with Gasteiger partial charge in [0.05, 0.1) is 5.69 Å². The Morgan fingerprint density at radius 1 is 1.18 bits per heavy atom. The van der Waals surface area contributed by atoms with Crippen molar-refractivity contribution in [2.24, 2.45) is 0 Å². The van der Waals surface area contributed by atoms with Crippen molar-refractivity contribution in [3.05, 3.63) is 47.2 Å². The number of amides is 1. The summed E-state index contributed by atoms with van der Waals surface area (Å²) in [5.74, 6) is 1.04. The highest BCUT2D eigenvalue weighted by atomic mass is 32.2. The Hall–Kier alpha value is -2.32. The van der Waals surface area contributed by atoms with Gasteiger partial charge in [0.25, 0.3) is 0 Å². The monoisotopic (exact) mass is 399 g/mol. The molecule has 0 spiro atoms. The molecule has 4 rings (SSSR count). The number of nitrogens with zero attached hydrogens (tertiary/aromatic N) is 4. The molecule has 2 aromatic rings. The van der Waals surface area contributed by atoms with Gasteiger partial charge >= 0.3 is 6.09 Å². The molecular formula is C20H25N5O2S. The van der Waals surface area contributed by atoms with Crippen molar-refractivity contribution in [2.45, 2.75) is 24.7 Å².